The van der Waals surface area contributed by atoms with E-state index in [9.17, 15) is 9.90 Å². The summed E-state index contributed by atoms with van der Waals surface area (Å²) in [6, 6.07) is 11.1. The van der Waals surface area contributed by atoms with Gasteiger partial charge in [-0.05, 0) is 43.6 Å². The number of nitrogens with one attached hydrogen (secondary N) is 1. The van der Waals surface area contributed by atoms with Crippen LogP contribution in [0.15, 0.2) is 30.3 Å². The van der Waals surface area contributed by atoms with E-state index in [1.165, 1.54) is 5.56 Å². The van der Waals surface area contributed by atoms with Gasteiger partial charge in [0.2, 0.25) is 0 Å². The molecule has 2 atom stereocenters. The molecule has 0 spiro atoms. The minimum Gasteiger partial charge on any atom is -0.393 e. The fraction of sp³-hybridized carbons (Fsp3) is 0.667. The fourth-order valence-electron chi connectivity index (χ4n) is 4.43. The highest BCUT2D eigenvalue weighted by Crippen LogP contribution is 2.24. The lowest BCUT2D eigenvalue weighted by molar-refractivity contribution is 0.0841. The first kappa shape index (κ1) is 19.2. The highest BCUT2D eigenvalue weighted by Gasteiger charge is 2.32. The predicted octanol–water partition coefficient (Wildman–Crippen LogP) is 2.84. The van der Waals surface area contributed by atoms with Crippen LogP contribution in [-0.2, 0) is 6.54 Å². The molecule has 2 amide bonds. The van der Waals surface area contributed by atoms with Crippen molar-refractivity contribution in [3.63, 3.8) is 0 Å². The van der Waals surface area contributed by atoms with Crippen LogP contribution >= 0.6 is 0 Å². The van der Waals surface area contributed by atoms with Crippen LogP contribution in [0.4, 0.5) is 4.79 Å². The number of aliphatic hydroxyl groups is 1. The maximum Gasteiger partial charge on any atom is 0.317 e. The lowest BCUT2D eigenvalue weighted by Crippen LogP contribution is -2.54. The Morgan fingerprint density at radius 2 is 1.88 bits per heavy atom. The van der Waals surface area contributed by atoms with Gasteiger partial charge in [-0.15, -0.1) is 0 Å². The van der Waals surface area contributed by atoms with E-state index >= 15 is 0 Å². The highest BCUT2D eigenvalue weighted by atomic mass is 16.3. The normalized spacial score (nSPS) is 30.0. The second-order valence-electron chi connectivity index (χ2n) is 8.12. The van der Waals surface area contributed by atoms with Crippen LogP contribution in [0.5, 0.6) is 0 Å². The lowest BCUT2D eigenvalue weighted by atomic mass is 9.92. The molecule has 144 valence electrons. The third-order valence-electron chi connectivity index (χ3n) is 6.04. The highest BCUT2D eigenvalue weighted by molar-refractivity contribution is 5.74. The van der Waals surface area contributed by atoms with E-state index in [0.29, 0.717) is 5.92 Å². The van der Waals surface area contributed by atoms with Gasteiger partial charge >= 0.3 is 6.03 Å². The largest absolute Gasteiger partial charge is 0.393 e. The Labute approximate surface area is 157 Å². The zero-order chi connectivity index (χ0) is 18.5. The molecule has 1 aliphatic carbocycles. The van der Waals surface area contributed by atoms with Crippen LogP contribution in [0.2, 0.25) is 0 Å². The molecule has 2 aliphatic rings. The quantitative estimate of drug-likeness (QED) is 0.869. The van der Waals surface area contributed by atoms with Gasteiger partial charge in [0.15, 0.2) is 0 Å². The number of nitrogens with zero attached hydrogens (tertiary/aromatic N) is 2. The van der Waals surface area contributed by atoms with Gasteiger partial charge in [0.25, 0.3) is 0 Å². The smallest absolute Gasteiger partial charge is 0.317 e. The van der Waals surface area contributed by atoms with Crippen molar-refractivity contribution < 1.29 is 9.90 Å². The Hall–Kier alpha value is -1.59. The molecular weight excluding hydrogens is 326 g/mol. The second kappa shape index (κ2) is 8.87. The van der Waals surface area contributed by atoms with Crippen molar-refractivity contribution >= 4 is 6.03 Å². The van der Waals surface area contributed by atoms with Gasteiger partial charge < -0.3 is 15.3 Å². The van der Waals surface area contributed by atoms with Gasteiger partial charge in [0.1, 0.15) is 0 Å². The SMILES string of the molecule is C[C@@H]1CN(Cc2ccccc2)CC[C@@H]1N(C)C(=O)NC1CCC(O)CC1. The minimum atomic E-state index is -0.185. The number of aliphatic hydroxyl groups excluding tert-OH is 1. The van der Waals surface area contributed by atoms with Crippen molar-refractivity contribution in [3.05, 3.63) is 35.9 Å². The van der Waals surface area contributed by atoms with Crippen molar-refractivity contribution in [2.45, 2.75) is 63.8 Å². The monoisotopic (exact) mass is 359 g/mol. The van der Waals surface area contributed by atoms with E-state index < -0.39 is 0 Å². The van der Waals surface area contributed by atoms with Crippen molar-refractivity contribution in [2.75, 3.05) is 20.1 Å². The van der Waals surface area contributed by atoms with Crippen molar-refractivity contribution in [3.8, 4) is 0 Å². The first-order valence-corrected chi connectivity index (χ1v) is 10.0. The maximum atomic E-state index is 12.6. The van der Waals surface area contributed by atoms with Gasteiger partial charge in [0, 0.05) is 38.8 Å². The Bertz CT molecular complexity index is 572. The summed E-state index contributed by atoms with van der Waals surface area (Å²) in [7, 11) is 1.93. The number of hydrogen-bond donors (Lipinski definition) is 2. The summed E-state index contributed by atoms with van der Waals surface area (Å²) in [5.41, 5.74) is 1.35. The number of likely N-dealkylation sites (tertiary alicyclic amines) is 1. The van der Waals surface area contributed by atoms with Crippen LogP contribution < -0.4 is 5.32 Å². The molecule has 1 aromatic rings. The van der Waals surface area contributed by atoms with E-state index in [-0.39, 0.29) is 24.2 Å². The molecule has 26 heavy (non-hydrogen) atoms. The summed E-state index contributed by atoms with van der Waals surface area (Å²) in [4.78, 5) is 17.1. The topological polar surface area (TPSA) is 55.8 Å². The Morgan fingerprint density at radius 3 is 2.54 bits per heavy atom. The third kappa shape index (κ3) is 4.98. The number of piperidine rings is 1. The summed E-state index contributed by atoms with van der Waals surface area (Å²) >= 11 is 0. The number of amides is 2. The van der Waals surface area contributed by atoms with Crippen molar-refractivity contribution in [1.29, 1.82) is 0 Å². The Balaban J connectivity index is 1.47. The van der Waals surface area contributed by atoms with Crippen LogP contribution in [0, 0.1) is 5.92 Å². The molecule has 1 saturated heterocycles. The summed E-state index contributed by atoms with van der Waals surface area (Å²) in [6.45, 7) is 5.28. The summed E-state index contributed by atoms with van der Waals surface area (Å²) in [6.07, 6.45) is 4.18. The number of carbonyl (C=O) groups excluding carboxylic acids is 1. The molecule has 0 radical (unpaired) electrons. The van der Waals surface area contributed by atoms with Crippen LogP contribution in [0.3, 0.4) is 0 Å². The molecule has 5 nitrogen and oxygen atoms in total. The molecular formula is C21H33N3O2. The first-order valence-electron chi connectivity index (χ1n) is 10.0. The van der Waals surface area contributed by atoms with Crippen molar-refractivity contribution in [1.82, 2.24) is 15.1 Å². The molecule has 0 bridgehead atoms. The van der Waals surface area contributed by atoms with Gasteiger partial charge in [-0.1, -0.05) is 37.3 Å². The summed E-state index contributed by atoms with van der Waals surface area (Å²) < 4.78 is 0. The molecule has 0 aromatic heterocycles. The molecule has 1 aromatic carbocycles. The number of carbonyl (C=O) groups is 1. The average Bonchev–Trinajstić information content (AvgIpc) is 2.64. The molecule has 2 N–H and O–H groups in total. The van der Waals surface area contributed by atoms with E-state index in [4.69, 9.17) is 0 Å². The third-order valence-corrected chi connectivity index (χ3v) is 6.04. The van der Waals surface area contributed by atoms with Crippen molar-refractivity contribution in [2.24, 2.45) is 5.92 Å². The zero-order valence-corrected chi connectivity index (χ0v) is 16.1. The number of benzene rings is 1. The lowest BCUT2D eigenvalue weighted by Gasteiger charge is -2.41. The van der Waals surface area contributed by atoms with E-state index in [1.807, 2.05) is 11.9 Å². The maximum absolute atomic E-state index is 12.6. The Kier molecular flexibility index (Phi) is 6.54. The number of urea groups is 1. The minimum absolute atomic E-state index is 0.0414. The second-order valence-corrected chi connectivity index (χ2v) is 8.12. The van der Waals surface area contributed by atoms with E-state index in [2.05, 4.69) is 47.5 Å². The molecule has 1 aliphatic heterocycles. The first-order chi connectivity index (χ1) is 12.5. The van der Waals surface area contributed by atoms with E-state index in [0.717, 1.165) is 51.7 Å². The van der Waals surface area contributed by atoms with Crippen LogP contribution in [0.1, 0.15) is 44.6 Å². The van der Waals surface area contributed by atoms with Gasteiger partial charge in [-0.25, -0.2) is 4.79 Å². The van der Waals surface area contributed by atoms with Gasteiger partial charge in [-0.3, -0.25) is 4.90 Å². The molecule has 5 heteroatoms. The molecule has 1 saturated carbocycles. The Morgan fingerprint density at radius 1 is 1.19 bits per heavy atom. The number of rotatable bonds is 4. The summed E-state index contributed by atoms with van der Waals surface area (Å²) in [5, 5.41) is 12.8. The number of hydrogen-bond acceptors (Lipinski definition) is 3. The average molecular weight is 360 g/mol. The van der Waals surface area contributed by atoms with E-state index in [1.54, 1.807) is 0 Å². The van der Waals surface area contributed by atoms with Gasteiger partial charge in [0.05, 0.1) is 6.10 Å². The standard InChI is InChI=1S/C21H33N3O2/c1-16-14-24(15-17-6-4-3-5-7-17)13-12-20(16)23(2)21(26)22-18-8-10-19(25)11-9-18/h3-7,16,18-20,25H,8-15H2,1-2H3,(H,22,26)/t16-,18?,19?,20+/m1/s1. The van der Waals surface area contributed by atoms with Gasteiger partial charge in [-0.2, -0.15) is 0 Å². The zero-order valence-electron chi connectivity index (χ0n) is 16.1. The predicted molar refractivity (Wildman–Crippen MR) is 104 cm³/mol. The fourth-order valence-corrected chi connectivity index (χ4v) is 4.43. The summed E-state index contributed by atoms with van der Waals surface area (Å²) in [5.74, 6) is 0.455. The molecule has 2 fully saturated rings. The van der Waals surface area contributed by atoms with Crippen LogP contribution in [-0.4, -0.2) is 59.3 Å². The molecule has 1 heterocycles. The molecule has 0 unspecified atom stereocenters. The molecule has 3 rings (SSSR count). The van der Waals surface area contributed by atoms with Crippen LogP contribution in [0.25, 0.3) is 0 Å².